The van der Waals surface area contributed by atoms with E-state index in [0.717, 1.165) is 51.5 Å². The highest BCUT2D eigenvalue weighted by Gasteiger charge is 2.17. The number of nitrogens with one attached hydrogen (secondary N) is 1. The van der Waals surface area contributed by atoms with Gasteiger partial charge in [0.2, 0.25) is 0 Å². The van der Waals surface area contributed by atoms with E-state index in [2.05, 4.69) is 63.5 Å². The van der Waals surface area contributed by atoms with Gasteiger partial charge in [0.25, 0.3) is 0 Å². The van der Waals surface area contributed by atoms with Gasteiger partial charge in [0, 0.05) is 29.9 Å². The minimum atomic E-state index is 0.968. The van der Waals surface area contributed by atoms with E-state index in [1.807, 2.05) is 25.2 Å². The molecule has 0 bridgehead atoms. The van der Waals surface area contributed by atoms with E-state index in [4.69, 9.17) is 0 Å². The fourth-order valence-electron chi connectivity index (χ4n) is 3.29. The molecule has 0 unspecified atom stereocenters. The molecule has 0 heterocycles. The first-order valence-electron chi connectivity index (χ1n) is 9.33. The van der Waals surface area contributed by atoms with Gasteiger partial charge >= 0.3 is 0 Å². The number of allylic oxidation sites excluding steroid dienone is 4. The van der Waals surface area contributed by atoms with Crippen LogP contribution in [0.3, 0.4) is 0 Å². The van der Waals surface area contributed by atoms with Gasteiger partial charge < -0.3 is 10.2 Å². The lowest BCUT2D eigenvalue weighted by Crippen LogP contribution is -2.32. The molecular formula is C24H34N2. The van der Waals surface area contributed by atoms with Crippen molar-refractivity contribution in [1.29, 1.82) is 0 Å². The number of unbranched alkanes of at least 4 members (excludes halogenated alkanes) is 2. The van der Waals surface area contributed by atoms with Gasteiger partial charge in [-0.1, -0.05) is 70.4 Å². The molecule has 0 atom stereocenters. The molecule has 0 spiro atoms. The fourth-order valence-corrected chi connectivity index (χ4v) is 3.29. The van der Waals surface area contributed by atoms with Crippen LogP contribution in [0, 0.1) is 0 Å². The molecule has 1 N–H and O–H groups in total. The van der Waals surface area contributed by atoms with Crippen LogP contribution < -0.4 is 20.7 Å². The van der Waals surface area contributed by atoms with Gasteiger partial charge in [-0.05, 0) is 37.3 Å². The van der Waals surface area contributed by atoms with Crippen molar-refractivity contribution >= 4 is 36.2 Å². The predicted molar refractivity (Wildman–Crippen MR) is 122 cm³/mol. The summed E-state index contributed by atoms with van der Waals surface area (Å²) in [6, 6.07) is 0. The van der Waals surface area contributed by atoms with E-state index in [-0.39, 0.29) is 0 Å². The summed E-state index contributed by atoms with van der Waals surface area (Å²) in [7, 11) is 2.14. The van der Waals surface area contributed by atoms with E-state index in [0.29, 0.717) is 0 Å². The van der Waals surface area contributed by atoms with Crippen molar-refractivity contribution in [3.8, 4) is 0 Å². The average Bonchev–Trinajstić information content (AvgIpc) is 2.60. The highest BCUT2D eigenvalue weighted by Crippen LogP contribution is 2.25. The molecule has 0 amide bonds. The Morgan fingerprint density at radius 2 is 1.85 bits per heavy atom. The van der Waals surface area contributed by atoms with Crippen LogP contribution in [-0.2, 0) is 0 Å². The Balaban J connectivity index is 3.81. The Morgan fingerprint density at radius 3 is 2.38 bits per heavy atom. The number of rotatable bonds is 10. The zero-order chi connectivity index (χ0) is 19.7. The molecule has 0 aromatic heterocycles. The van der Waals surface area contributed by atoms with E-state index in [1.165, 1.54) is 12.8 Å². The van der Waals surface area contributed by atoms with Gasteiger partial charge in [-0.15, -0.1) is 0 Å². The smallest absolute Gasteiger partial charge is 0.0547 e. The molecule has 26 heavy (non-hydrogen) atoms. The Bertz CT molecular complexity index is 797. The summed E-state index contributed by atoms with van der Waals surface area (Å²) in [5.74, 6) is 0. The molecule has 2 heteroatoms. The Kier molecular flexibility index (Phi) is 8.71. The van der Waals surface area contributed by atoms with Crippen molar-refractivity contribution in [2.45, 2.75) is 40.0 Å². The van der Waals surface area contributed by atoms with Crippen molar-refractivity contribution in [3.05, 3.63) is 59.2 Å². The first kappa shape index (κ1) is 21.6. The molecule has 1 rings (SSSR count). The predicted octanol–water partition coefficient (Wildman–Crippen LogP) is 5.31. The van der Waals surface area contributed by atoms with Gasteiger partial charge in [0.15, 0.2) is 0 Å². The molecule has 0 fully saturated rings. The first-order valence-corrected chi connectivity index (χ1v) is 9.33. The molecule has 140 valence electrons. The summed E-state index contributed by atoms with van der Waals surface area (Å²) in [5, 5.41) is 5.24. The van der Waals surface area contributed by atoms with Crippen molar-refractivity contribution < 1.29 is 0 Å². The zero-order valence-electron chi connectivity index (χ0n) is 17.0. The van der Waals surface area contributed by atoms with Gasteiger partial charge in [0.05, 0.1) is 11.4 Å². The monoisotopic (exact) mass is 350 g/mol. The largest absolute Gasteiger partial charge is 0.374 e. The van der Waals surface area contributed by atoms with Gasteiger partial charge in [0.1, 0.15) is 0 Å². The van der Waals surface area contributed by atoms with E-state index in [1.54, 1.807) is 6.20 Å². The highest BCUT2D eigenvalue weighted by molar-refractivity contribution is 5.85. The highest BCUT2D eigenvalue weighted by atomic mass is 15.1. The average molecular weight is 351 g/mol. The van der Waals surface area contributed by atoms with E-state index in [9.17, 15) is 0 Å². The number of hydrogen-bond acceptors (Lipinski definition) is 2. The molecule has 0 radical (unpaired) electrons. The molecule has 0 saturated heterocycles. The van der Waals surface area contributed by atoms with Crippen molar-refractivity contribution in [2.75, 3.05) is 23.8 Å². The Hall–Kier alpha value is -2.48. The molecule has 1 aromatic rings. The standard InChI is InChI=1S/C24H34N2/c1-9-13-14-17-26(8)24-20(7)23(25-12-4)21(16-11-3)19(6)22(24)18(5)15-10-2/h10-12,15-16,25H,2,4,6-7,9,13-14,17H2,1,3,5,8H3/b16-11-,18-15-. The normalized spacial score (nSPS) is 11.6. The van der Waals surface area contributed by atoms with Crippen molar-refractivity contribution in [2.24, 2.45) is 0 Å². The van der Waals surface area contributed by atoms with Gasteiger partial charge in [-0.2, -0.15) is 0 Å². The van der Waals surface area contributed by atoms with Crippen LogP contribution in [0.1, 0.15) is 51.2 Å². The third kappa shape index (κ3) is 4.78. The van der Waals surface area contributed by atoms with Crippen LogP contribution >= 0.6 is 0 Å². The van der Waals surface area contributed by atoms with Crippen molar-refractivity contribution in [3.63, 3.8) is 0 Å². The number of hydrogen-bond donors (Lipinski definition) is 1. The van der Waals surface area contributed by atoms with Crippen LogP contribution in [-0.4, -0.2) is 13.6 Å². The first-order chi connectivity index (χ1) is 12.4. The molecule has 2 nitrogen and oxygen atoms in total. The summed E-state index contributed by atoms with van der Waals surface area (Å²) in [6.07, 6.45) is 13.2. The maximum Gasteiger partial charge on any atom is 0.0547 e. The lowest BCUT2D eigenvalue weighted by atomic mass is 9.94. The summed E-state index contributed by atoms with van der Waals surface area (Å²) in [4.78, 5) is 2.30. The summed E-state index contributed by atoms with van der Waals surface area (Å²) >= 11 is 0. The van der Waals surface area contributed by atoms with E-state index >= 15 is 0 Å². The Morgan fingerprint density at radius 1 is 1.15 bits per heavy atom. The number of nitrogens with zero attached hydrogens (tertiary/aromatic N) is 1. The second-order valence-electron chi connectivity index (χ2n) is 6.53. The topological polar surface area (TPSA) is 15.3 Å². The maximum absolute atomic E-state index is 4.41. The van der Waals surface area contributed by atoms with Crippen LogP contribution in [0.2, 0.25) is 0 Å². The summed E-state index contributed by atoms with van der Waals surface area (Å²) in [5.41, 5.74) is 5.42. The summed E-state index contributed by atoms with van der Waals surface area (Å²) < 4.78 is 0. The maximum atomic E-state index is 4.41. The van der Waals surface area contributed by atoms with Crippen LogP contribution in [0.15, 0.2) is 37.6 Å². The molecule has 0 saturated carbocycles. The third-order valence-corrected chi connectivity index (χ3v) is 4.54. The van der Waals surface area contributed by atoms with Crippen LogP contribution in [0.25, 0.3) is 24.8 Å². The molecule has 0 aliphatic heterocycles. The van der Waals surface area contributed by atoms with Crippen molar-refractivity contribution in [1.82, 2.24) is 0 Å². The quantitative estimate of drug-likeness (QED) is 0.454. The lowest BCUT2D eigenvalue weighted by molar-refractivity contribution is 0.704. The molecule has 0 aliphatic rings. The third-order valence-electron chi connectivity index (χ3n) is 4.54. The zero-order valence-corrected chi connectivity index (χ0v) is 17.0. The SMILES string of the molecule is C=C/C=C(/C)c1c(N(C)CCCCC)c(=C)c(NC=C)c(/C=C\C)c1=C. The summed E-state index contributed by atoms with van der Waals surface area (Å²) in [6.45, 7) is 23.8. The van der Waals surface area contributed by atoms with E-state index < -0.39 is 0 Å². The Labute approximate surface area is 159 Å². The molecule has 1 aromatic carbocycles. The number of benzene rings is 1. The van der Waals surface area contributed by atoms with Crippen LogP contribution in [0.5, 0.6) is 0 Å². The lowest BCUT2D eigenvalue weighted by Gasteiger charge is -2.26. The second kappa shape index (κ2) is 10.5. The van der Waals surface area contributed by atoms with Gasteiger partial charge in [-0.25, -0.2) is 0 Å². The fraction of sp³-hybridized carbons (Fsp3) is 0.333. The second-order valence-corrected chi connectivity index (χ2v) is 6.53. The molecule has 0 aliphatic carbocycles. The minimum Gasteiger partial charge on any atom is -0.374 e. The van der Waals surface area contributed by atoms with Gasteiger partial charge in [-0.3, -0.25) is 0 Å². The van der Waals surface area contributed by atoms with Crippen LogP contribution in [0.4, 0.5) is 11.4 Å². The minimum absolute atomic E-state index is 0.968. The molecular weight excluding hydrogens is 316 g/mol. The number of anilines is 2.